The van der Waals surface area contributed by atoms with Gasteiger partial charge < -0.3 is 19.9 Å². The second-order valence-electron chi connectivity index (χ2n) is 5.25. The highest BCUT2D eigenvalue weighted by Gasteiger charge is 2.22. The first-order valence-corrected chi connectivity index (χ1v) is 8.04. The fourth-order valence-electron chi connectivity index (χ4n) is 2.72. The van der Waals surface area contributed by atoms with E-state index in [4.69, 9.17) is 31.5 Å². The first kappa shape index (κ1) is 18.1. The third kappa shape index (κ3) is 2.96. The van der Waals surface area contributed by atoms with Crippen LogP contribution in [0.5, 0.6) is 17.4 Å². The molecule has 0 aliphatic rings. The molecule has 3 aromatic rings. The molecule has 0 saturated carbocycles. The molecule has 26 heavy (non-hydrogen) atoms. The van der Waals surface area contributed by atoms with Crippen molar-refractivity contribution >= 4 is 41.3 Å². The maximum absolute atomic E-state index is 6.11. The number of halogens is 1. The van der Waals surface area contributed by atoms with Gasteiger partial charge in [-0.05, 0) is 5.46 Å². The van der Waals surface area contributed by atoms with E-state index in [0.29, 0.717) is 40.7 Å². The normalized spacial score (nSPS) is 10.8. The van der Waals surface area contributed by atoms with Gasteiger partial charge in [-0.2, -0.15) is 10.1 Å². The van der Waals surface area contributed by atoms with Crippen LogP contribution >= 0.6 is 11.6 Å². The van der Waals surface area contributed by atoms with Gasteiger partial charge in [0.15, 0.2) is 18.7 Å². The lowest BCUT2D eigenvalue weighted by atomic mass is 9.71. The van der Waals surface area contributed by atoms with Crippen LogP contribution in [0, 0.1) is 0 Å². The van der Waals surface area contributed by atoms with Gasteiger partial charge in [0.25, 0.3) is 5.88 Å². The Morgan fingerprint density at radius 1 is 1.12 bits per heavy atom. The van der Waals surface area contributed by atoms with Crippen LogP contribution in [-0.4, -0.2) is 53.3 Å². The van der Waals surface area contributed by atoms with E-state index in [2.05, 4.69) is 20.1 Å². The zero-order chi connectivity index (χ0) is 18.8. The third-order valence-corrected chi connectivity index (χ3v) is 4.14. The van der Waals surface area contributed by atoms with Crippen LogP contribution in [0.15, 0.2) is 6.20 Å². The summed E-state index contributed by atoms with van der Waals surface area (Å²) in [6, 6.07) is 0. The summed E-state index contributed by atoms with van der Waals surface area (Å²) in [7, 11) is 6.49. The van der Waals surface area contributed by atoms with Crippen molar-refractivity contribution < 1.29 is 14.2 Å². The summed E-state index contributed by atoms with van der Waals surface area (Å²) in [5.74, 6) is 1.34. The molecule has 0 aliphatic carbocycles. The van der Waals surface area contributed by atoms with Crippen LogP contribution in [0.2, 0.25) is 12.0 Å². The molecule has 1 radical (unpaired) electrons. The molecule has 0 spiro atoms. The molecule has 3 heterocycles. The molecular formula is C15H17BClN6O3. The van der Waals surface area contributed by atoms with Crippen LogP contribution in [0.25, 0.3) is 11.0 Å². The molecule has 0 saturated heterocycles. The molecule has 135 valence electrons. The number of nitrogens with zero attached hydrogens (tertiary/aromatic N) is 5. The minimum Gasteiger partial charge on any atom is -0.493 e. The molecular weight excluding hydrogens is 358 g/mol. The molecule has 2 N–H and O–H groups in total. The molecule has 0 atom stereocenters. The Morgan fingerprint density at radius 2 is 1.85 bits per heavy atom. The number of nitrogen functional groups attached to an aromatic ring is 1. The van der Waals surface area contributed by atoms with Crippen molar-refractivity contribution in [3.05, 3.63) is 17.0 Å². The smallest absolute Gasteiger partial charge is 0.261 e. The molecule has 11 heteroatoms. The lowest BCUT2D eigenvalue weighted by Crippen LogP contribution is -2.25. The van der Waals surface area contributed by atoms with Crippen molar-refractivity contribution in [3.8, 4) is 17.4 Å². The molecule has 0 bridgehead atoms. The van der Waals surface area contributed by atoms with Crippen LogP contribution < -0.4 is 25.4 Å². The van der Waals surface area contributed by atoms with Gasteiger partial charge in [-0.3, -0.25) is 0 Å². The van der Waals surface area contributed by atoms with Crippen molar-refractivity contribution in [2.45, 2.75) is 13.4 Å². The molecule has 0 unspecified atom stereocenters. The number of pyridine rings is 1. The highest BCUT2D eigenvalue weighted by molar-refractivity contribution is 6.54. The SMILES string of the molecule is C[B]c1c(Cn2ncc3c(Cl)nc(N)nc32)nc(OC)c(OC)c1OC. The average molecular weight is 376 g/mol. The summed E-state index contributed by atoms with van der Waals surface area (Å²) in [5, 5.41) is 5.18. The molecule has 0 amide bonds. The Labute approximate surface area is 155 Å². The number of hydrogen-bond donors (Lipinski definition) is 1. The zero-order valence-corrected chi connectivity index (χ0v) is 15.5. The van der Waals surface area contributed by atoms with Gasteiger partial charge in [-0.1, -0.05) is 18.4 Å². The topological polar surface area (TPSA) is 110 Å². The Kier molecular flexibility index (Phi) is 5.03. The van der Waals surface area contributed by atoms with Crippen molar-refractivity contribution in [3.63, 3.8) is 0 Å². The van der Waals surface area contributed by atoms with Crippen molar-refractivity contribution in [2.75, 3.05) is 27.1 Å². The molecule has 0 fully saturated rings. The van der Waals surface area contributed by atoms with Crippen LogP contribution in [-0.2, 0) is 6.54 Å². The Balaban J connectivity index is 2.16. The second-order valence-corrected chi connectivity index (χ2v) is 5.61. The highest BCUT2D eigenvalue weighted by atomic mass is 35.5. The van der Waals surface area contributed by atoms with Gasteiger partial charge in [0.2, 0.25) is 11.7 Å². The fourth-order valence-corrected chi connectivity index (χ4v) is 2.94. The van der Waals surface area contributed by atoms with Gasteiger partial charge in [-0.15, -0.1) is 0 Å². The Bertz CT molecular complexity index is 964. The molecule has 3 rings (SSSR count). The maximum Gasteiger partial charge on any atom is 0.261 e. The monoisotopic (exact) mass is 375 g/mol. The van der Waals surface area contributed by atoms with E-state index < -0.39 is 0 Å². The van der Waals surface area contributed by atoms with Crippen LogP contribution in [0.1, 0.15) is 5.69 Å². The highest BCUT2D eigenvalue weighted by Crippen LogP contribution is 2.34. The number of hydrogen-bond acceptors (Lipinski definition) is 8. The minimum atomic E-state index is 0.0735. The molecule has 0 aliphatic heterocycles. The number of ether oxygens (including phenoxy) is 3. The maximum atomic E-state index is 6.11. The van der Waals surface area contributed by atoms with Gasteiger partial charge in [-0.25, -0.2) is 14.6 Å². The van der Waals surface area contributed by atoms with Crippen molar-refractivity contribution in [1.29, 1.82) is 0 Å². The summed E-state index contributed by atoms with van der Waals surface area (Å²) in [6.45, 7) is 2.18. The van der Waals surface area contributed by atoms with E-state index in [0.717, 1.165) is 5.46 Å². The lowest BCUT2D eigenvalue weighted by Gasteiger charge is -2.18. The predicted molar refractivity (Wildman–Crippen MR) is 99.0 cm³/mol. The summed E-state index contributed by atoms with van der Waals surface area (Å²) in [4.78, 5) is 12.7. The quantitative estimate of drug-likeness (QED) is 0.500. The fraction of sp³-hybridized carbons (Fsp3) is 0.333. The minimum absolute atomic E-state index is 0.0735. The third-order valence-electron chi connectivity index (χ3n) is 3.85. The number of aromatic nitrogens is 5. The van der Waals surface area contributed by atoms with Gasteiger partial charge in [0.1, 0.15) is 5.15 Å². The van der Waals surface area contributed by atoms with E-state index in [9.17, 15) is 0 Å². The Hall–Kier alpha value is -2.75. The van der Waals surface area contributed by atoms with Crippen LogP contribution in [0.4, 0.5) is 5.95 Å². The second kappa shape index (κ2) is 7.24. The van der Waals surface area contributed by atoms with E-state index in [-0.39, 0.29) is 11.1 Å². The largest absolute Gasteiger partial charge is 0.493 e. The summed E-state index contributed by atoms with van der Waals surface area (Å²) < 4.78 is 17.9. The molecule has 3 aromatic heterocycles. The summed E-state index contributed by atoms with van der Waals surface area (Å²) in [6.07, 6.45) is 1.59. The van der Waals surface area contributed by atoms with E-state index in [1.807, 2.05) is 14.1 Å². The zero-order valence-electron chi connectivity index (χ0n) is 14.8. The number of nitrogens with two attached hydrogens (primary N) is 1. The van der Waals surface area contributed by atoms with Gasteiger partial charge >= 0.3 is 0 Å². The predicted octanol–water partition coefficient (Wildman–Crippen LogP) is 0.909. The van der Waals surface area contributed by atoms with E-state index >= 15 is 0 Å². The standard InChI is InChI=1S/C15H17BClN6O3/c1-16-9-8(20-14(26-4)11(25-3)10(9)24-2)6-23-13-7(5-19-23)12(17)21-15(18)22-13/h5H,6H2,1-4H3,(H2,18,21,22). The van der Waals surface area contributed by atoms with Crippen LogP contribution in [0.3, 0.4) is 0 Å². The summed E-state index contributed by atoms with van der Waals surface area (Å²) >= 11 is 6.11. The van der Waals surface area contributed by atoms with Crippen molar-refractivity contribution in [2.24, 2.45) is 0 Å². The van der Waals surface area contributed by atoms with E-state index in [1.165, 1.54) is 14.2 Å². The Morgan fingerprint density at radius 3 is 2.46 bits per heavy atom. The molecule has 0 aromatic carbocycles. The van der Waals surface area contributed by atoms with Gasteiger partial charge in [0, 0.05) is 0 Å². The first-order chi connectivity index (χ1) is 12.5. The van der Waals surface area contributed by atoms with Crippen molar-refractivity contribution in [1.82, 2.24) is 24.7 Å². The first-order valence-electron chi connectivity index (χ1n) is 7.66. The number of anilines is 1. The average Bonchev–Trinajstić information content (AvgIpc) is 3.03. The number of methoxy groups -OCH3 is 3. The molecule has 9 nitrogen and oxygen atoms in total. The summed E-state index contributed by atoms with van der Waals surface area (Å²) in [5.41, 5.74) is 7.65. The number of rotatable bonds is 6. The number of fused-ring (bicyclic) bond motifs is 1. The van der Waals surface area contributed by atoms with E-state index in [1.54, 1.807) is 18.0 Å². The lowest BCUT2D eigenvalue weighted by molar-refractivity contribution is 0.316. The van der Waals surface area contributed by atoms with Gasteiger partial charge in [0.05, 0.1) is 45.2 Å².